The fourth-order valence-corrected chi connectivity index (χ4v) is 3.00. The van der Waals surface area contributed by atoms with Crippen molar-refractivity contribution in [2.75, 3.05) is 7.11 Å². The van der Waals surface area contributed by atoms with E-state index in [1.165, 1.54) is 13.2 Å². The van der Waals surface area contributed by atoms with Crippen LogP contribution in [0.25, 0.3) is 17.3 Å². The highest BCUT2D eigenvalue weighted by atomic mass is 16.6. The maximum Gasteiger partial charge on any atom is 0.356 e. The van der Waals surface area contributed by atoms with E-state index in [0.29, 0.717) is 23.6 Å². The van der Waals surface area contributed by atoms with Gasteiger partial charge in [-0.15, -0.1) is 0 Å². The molecule has 160 valence electrons. The highest BCUT2D eigenvalue weighted by Crippen LogP contribution is 2.23. The molecule has 0 aliphatic rings. The lowest BCUT2D eigenvalue weighted by molar-refractivity contribution is -0.148. The minimum Gasteiger partial charge on any atom is -0.464 e. The first-order chi connectivity index (χ1) is 14.7. The van der Waals surface area contributed by atoms with Gasteiger partial charge in [0.15, 0.2) is 5.69 Å². The average Bonchev–Trinajstić information content (AvgIpc) is 3.16. The fraction of sp³-hybridized carbons (Fsp3) is 0.240. The molecular formula is C25H26N2O4. The second-order valence-electron chi connectivity index (χ2n) is 8.05. The molecule has 0 amide bonds. The molecule has 6 heteroatoms. The van der Waals surface area contributed by atoms with Crippen LogP contribution in [0.3, 0.4) is 0 Å². The molecule has 1 aromatic heterocycles. The van der Waals surface area contributed by atoms with Crippen LogP contribution in [-0.2, 0) is 20.7 Å². The first kappa shape index (κ1) is 22.0. The first-order valence-electron chi connectivity index (χ1n) is 9.98. The zero-order valence-electron chi connectivity index (χ0n) is 18.1. The van der Waals surface area contributed by atoms with Gasteiger partial charge >= 0.3 is 11.9 Å². The van der Waals surface area contributed by atoms with Crippen LogP contribution >= 0.6 is 0 Å². The van der Waals surface area contributed by atoms with Gasteiger partial charge in [-0.05, 0) is 38.0 Å². The molecule has 1 N–H and O–H groups in total. The number of aromatic nitrogens is 2. The van der Waals surface area contributed by atoms with Gasteiger partial charge in [-0.1, -0.05) is 54.6 Å². The van der Waals surface area contributed by atoms with Gasteiger partial charge < -0.3 is 14.5 Å². The van der Waals surface area contributed by atoms with Crippen LogP contribution in [0.15, 0.2) is 60.7 Å². The quantitative estimate of drug-likeness (QED) is 0.459. The lowest BCUT2D eigenvalue weighted by Crippen LogP contribution is -2.22. The summed E-state index contributed by atoms with van der Waals surface area (Å²) in [6.07, 6.45) is 3.65. The molecule has 0 aliphatic heterocycles. The first-order valence-corrected chi connectivity index (χ1v) is 9.98. The number of H-pyrrole nitrogens is 1. The Morgan fingerprint density at radius 2 is 1.71 bits per heavy atom. The third-order valence-corrected chi connectivity index (χ3v) is 4.36. The van der Waals surface area contributed by atoms with Gasteiger partial charge in [0, 0.05) is 18.1 Å². The van der Waals surface area contributed by atoms with Crippen LogP contribution < -0.4 is 0 Å². The van der Waals surface area contributed by atoms with Crippen molar-refractivity contribution in [2.45, 2.75) is 32.8 Å². The number of carbonyl (C=O) groups excluding carboxylic acids is 2. The zero-order valence-corrected chi connectivity index (χ0v) is 18.1. The van der Waals surface area contributed by atoms with Crippen LogP contribution in [0.1, 0.15) is 48.2 Å². The van der Waals surface area contributed by atoms with Gasteiger partial charge in [0.05, 0.1) is 7.11 Å². The Hall–Kier alpha value is -3.67. The SMILES string of the molecule is COC(=O)c1[nH]c(Cc2ccc(C=CC(=O)OC(C)(C)C)cc2)nc1-c1ccccc1. The highest BCUT2D eigenvalue weighted by molar-refractivity contribution is 5.94. The maximum atomic E-state index is 12.2. The molecule has 0 saturated heterocycles. The highest BCUT2D eigenvalue weighted by Gasteiger charge is 2.19. The van der Waals surface area contributed by atoms with Crippen LogP contribution in [0.5, 0.6) is 0 Å². The minimum atomic E-state index is -0.518. The van der Waals surface area contributed by atoms with E-state index in [-0.39, 0.29) is 5.97 Å². The molecule has 0 unspecified atom stereocenters. The normalized spacial score (nSPS) is 11.5. The number of benzene rings is 2. The molecule has 31 heavy (non-hydrogen) atoms. The largest absolute Gasteiger partial charge is 0.464 e. The number of methoxy groups -OCH3 is 1. The molecular weight excluding hydrogens is 392 g/mol. The molecule has 0 aliphatic carbocycles. The molecule has 0 fully saturated rings. The number of hydrogen-bond acceptors (Lipinski definition) is 5. The number of nitrogens with zero attached hydrogens (tertiary/aromatic N) is 1. The summed E-state index contributed by atoms with van der Waals surface area (Å²) in [6, 6.07) is 17.2. The Morgan fingerprint density at radius 3 is 2.32 bits per heavy atom. The number of ether oxygens (including phenoxy) is 2. The van der Waals surface area contributed by atoms with Crippen molar-refractivity contribution in [3.8, 4) is 11.3 Å². The third kappa shape index (κ3) is 6.15. The van der Waals surface area contributed by atoms with Crippen molar-refractivity contribution in [1.29, 1.82) is 0 Å². The van der Waals surface area contributed by atoms with Crippen molar-refractivity contribution >= 4 is 18.0 Å². The van der Waals surface area contributed by atoms with E-state index in [1.807, 2.05) is 75.4 Å². The molecule has 2 aromatic carbocycles. The van der Waals surface area contributed by atoms with E-state index in [1.54, 1.807) is 6.08 Å². The fourth-order valence-electron chi connectivity index (χ4n) is 3.00. The maximum absolute atomic E-state index is 12.2. The van der Waals surface area contributed by atoms with Gasteiger partial charge in [0.1, 0.15) is 17.1 Å². The van der Waals surface area contributed by atoms with Crippen molar-refractivity contribution in [1.82, 2.24) is 9.97 Å². The lowest BCUT2D eigenvalue weighted by Gasteiger charge is -2.17. The van der Waals surface area contributed by atoms with Crippen molar-refractivity contribution in [3.05, 3.63) is 83.3 Å². The molecule has 1 heterocycles. The molecule has 0 atom stereocenters. The van der Waals surface area contributed by atoms with E-state index in [0.717, 1.165) is 16.7 Å². The number of aromatic amines is 1. The number of nitrogens with one attached hydrogen (secondary N) is 1. The Bertz CT molecular complexity index is 1070. The summed E-state index contributed by atoms with van der Waals surface area (Å²) < 4.78 is 10.2. The van der Waals surface area contributed by atoms with E-state index < -0.39 is 11.6 Å². The number of imidazole rings is 1. The van der Waals surface area contributed by atoms with E-state index >= 15 is 0 Å². The minimum absolute atomic E-state index is 0.334. The summed E-state index contributed by atoms with van der Waals surface area (Å²) in [4.78, 5) is 31.7. The Labute approximate surface area is 181 Å². The van der Waals surface area contributed by atoms with Crippen LogP contribution in [0, 0.1) is 0 Å². The monoisotopic (exact) mass is 418 g/mol. The molecule has 0 saturated carbocycles. The predicted molar refractivity (Wildman–Crippen MR) is 119 cm³/mol. The van der Waals surface area contributed by atoms with Crippen molar-refractivity contribution < 1.29 is 19.1 Å². The molecule has 0 spiro atoms. The van der Waals surface area contributed by atoms with Gasteiger partial charge in [-0.3, -0.25) is 0 Å². The summed E-state index contributed by atoms with van der Waals surface area (Å²) in [7, 11) is 1.35. The molecule has 3 rings (SSSR count). The van der Waals surface area contributed by atoms with Gasteiger partial charge in [0.25, 0.3) is 0 Å². The Balaban J connectivity index is 1.75. The van der Waals surface area contributed by atoms with Gasteiger partial charge in [0.2, 0.25) is 0 Å². The molecule has 3 aromatic rings. The summed E-state index contributed by atoms with van der Waals surface area (Å²) in [6.45, 7) is 5.49. The average molecular weight is 418 g/mol. The number of esters is 2. The van der Waals surface area contributed by atoms with E-state index in [9.17, 15) is 9.59 Å². The summed E-state index contributed by atoms with van der Waals surface area (Å²) >= 11 is 0. The molecule has 0 bridgehead atoms. The Morgan fingerprint density at radius 1 is 1.03 bits per heavy atom. The molecule has 6 nitrogen and oxygen atoms in total. The lowest BCUT2D eigenvalue weighted by atomic mass is 10.1. The topological polar surface area (TPSA) is 81.3 Å². The zero-order chi connectivity index (χ0) is 22.4. The standard InChI is InChI=1S/C25H26N2O4/c1-25(2,3)31-21(28)15-14-17-10-12-18(13-11-17)16-20-26-22(19-8-6-5-7-9-19)23(27-20)24(29)30-4/h5-15H,16H2,1-4H3,(H,26,27). The van der Waals surface area contributed by atoms with E-state index in [4.69, 9.17) is 9.47 Å². The number of rotatable bonds is 6. The van der Waals surface area contributed by atoms with E-state index in [2.05, 4.69) is 9.97 Å². The number of hydrogen-bond donors (Lipinski definition) is 1. The summed E-state index contributed by atoms with van der Waals surface area (Å²) in [5.41, 5.74) is 3.12. The van der Waals surface area contributed by atoms with Crippen molar-refractivity contribution in [2.24, 2.45) is 0 Å². The molecule has 0 radical (unpaired) electrons. The summed E-state index contributed by atoms with van der Waals surface area (Å²) in [5, 5.41) is 0. The van der Waals surface area contributed by atoms with Gasteiger partial charge in [-0.25, -0.2) is 14.6 Å². The Kier molecular flexibility index (Phi) is 6.70. The second-order valence-corrected chi connectivity index (χ2v) is 8.05. The van der Waals surface area contributed by atoms with Crippen LogP contribution in [0.4, 0.5) is 0 Å². The van der Waals surface area contributed by atoms with Crippen LogP contribution in [0.2, 0.25) is 0 Å². The second kappa shape index (κ2) is 9.43. The number of carbonyl (C=O) groups is 2. The third-order valence-electron chi connectivity index (χ3n) is 4.36. The smallest absolute Gasteiger partial charge is 0.356 e. The van der Waals surface area contributed by atoms with Gasteiger partial charge in [-0.2, -0.15) is 0 Å². The predicted octanol–water partition coefficient (Wildman–Crippen LogP) is 4.81. The van der Waals surface area contributed by atoms with Crippen molar-refractivity contribution in [3.63, 3.8) is 0 Å². The summed E-state index contributed by atoms with van der Waals surface area (Å²) in [5.74, 6) is -0.174. The van der Waals surface area contributed by atoms with Crippen LogP contribution in [-0.4, -0.2) is 34.6 Å².